The van der Waals surface area contributed by atoms with Crippen LogP contribution in [0.5, 0.6) is 0 Å². The summed E-state index contributed by atoms with van der Waals surface area (Å²) < 4.78 is 37.9. The van der Waals surface area contributed by atoms with E-state index in [1.165, 1.54) is 6.07 Å². The number of hydrogen-bond acceptors (Lipinski definition) is 3. The van der Waals surface area contributed by atoms with Crippen LogP contribution in [-0.4, -0.2) is 9.97 Å². The van der Waals surface area contributed by atoms with Gasteiger partial charge in [-0.2, -0.15) is 13.2 Å². The Morgan fingerprint density at radius 2 is 1.86 bits per heavy atom. The molecule has 1 aromatic carbocycles. The third kappa shape index (κ3) is 4.07. The maximum atomic E-state index is 12.6. The summed E-state index contributed by atoms with van der Waals surface area (Å²) in [6.45, 7) is 4.06. The quantitative estimate of drug-likeness (QED) is 0.808. The van der Waals surface area contributed by atoms with Crippen LogP contribution in [0.15, 0.2) is 30.3 Å². The first kappa shape index (κ1) is 15.6. The normalized spacial score (nSPS) is 11.8. The first-order valence-electron chi connectivity index (χ1n) is 6.24. The zero-order valence-electron chi connectivity index (χ0n) is 11.4. The van der Waals surface area contributed by atoms with Crippen molar-refractivity contribution in [2.75, 3.05) is 5.32 Å². The van der Waals surface area contributed by atoms with Crippen molar-refractivity contribution in [3.63, 3.8) is 0 Å². The van der Waals surface area contributed by atoms with E-state index in [-0.39, 0.29) is 11.0 Å². The van der Waals surface area contributed by atoms with Gasteiger partial charge in [0.2, 0.25) is 5.82 Å². The Bertz CT molecular complexity index is 642. The Labute approximate surface area is 125 Å². The van der Waals surface area contributed by atoms with Gasteiger partial charge in [-0.1, -0.05) is 37.6 Å². The van der Waals surface area contributed by atoms with E-state index in [2.05, 4.69) is 15.3 Å². The van der Waals surface area contributed by atoms with Crippen molar-refractivity contribution in [2.45, 2.75) is 25.9 Å². The Kier molecular flexibility index (Phi) is 4.37. The van der Waals surface area contributed by atoms with Crippen molar-refractivity contribution in [2.24, 2.45) is 0 Å². The molecule has 0 saturated carbocycles. The van der Waals surface area contributed by atoms with Gasteiger partial charge < -0.3 is 5.32 Å². The molecule has 0 saturated heterocycles. The standard InChI is InChI=1S/C14H13ClF3N3/c1-8(2)9-4-3-5-10(6-9)19-12-7-11(15)20-13(21-12)14(16,17)18/h3-8H,1-2H3,(H,19,20,21). The molecule has 0 atom stereocenters. The van der Waals surface area contributed by atoms with Crippen LogP contribution in [0.3, 0.4) is 0 Å². The van der Waals surface area contributed by atoms with Crippen LogP contribution < -0.4 is 5.32 Å². The average molecular weight is 316 g/mol. The molecule has 2 rings (SSSR count). The van der Waals surface area contributed by atoms with Gasteiger partial charge in [0.15, 0.2) is 0 Å². The largest absolute Gasteiger partial charge is 0.451 e. The lowest BCUT2D eigenvalue weighted by atomic mass is 10.0. The van der Waals surface area contributed by atoms with E-state index < -0.39 is 12.0 Å². The second kappa shape index (κ2) is 5.89. The number of benzene rings is 1. The topological polar surface area (TPSA) is 37.8 Å². The summed E-state index contributed by atoms with van der Waals surface area (Å²) in [6.07, 6.45) is -4.64. The van der Waals surface area contributed by atoms with E-state index in [0.29, 0.717) is 11.6 Å². The Morgan fingerprint density at radius 1 is 1.14 bits per heavy atom. The first-order valence-corrected chi connectivity index (χ1v) is 6.62. The lowest BCUT2D eigenvalue weighted by Gasteiger charge is -2.11. The fourth-order valence-electron chi connectivity index (χ4n) is 1.73. The third-order valence-electron chi connectivity index (χ3n) is 2.77. The van der Waals surface area contributed by atoms with E-state index in [0.717, 1.165) is 5.56 Å². The van der Waals surface area contributed by atoms with Gasteiger partial charge in [0.25, 0.3) is 0 Å². The predicted octanol–water partition coefficient (Wildman–Crippen LogP) is 5.02. The molecule has 0 fully saturated rings. The molecule has 0 spiro atoms. The lowest BCUT2D eigenvalue weighted by molar-refractivity contribution is -0.144. The van der Waals surface area contributed by atoms with Crippen LogP contribution in [0, 0.1) is 0 Å². The van der Waals surface area contributed by atoms with E-state index >= 15 is 0 Å². The van der Waals surface area contributed by atoms with Crippen molar-refractivity contribution >= 4 is 23.1 Å². The highest BCUT2D eigenvalue weighted by molar-refractivity contribution is 6.29. The molecule has 7 heteroatoms. The Balaban J connectivity index is 2.31. The molecule has 1 heterocycles. The highest BCUT2D eigenvalue weighted by Crippen LogP contribution is 2.29. The predicted molar refractivity (Wildman–Crippen MR) is 75.9 cm³/mol. The summed E-state index contributed by atoms with van der Waals surface area (Å²) in [7, 11) is 0. The van der Waals surface area contributed by atoms with Crippen molar-refractivity contribution in [1.82, 2.24) is 9.97 Å². The maximum absolute atomic E-state index is 12.6. The van der Waals surface area contributed by atoms with Gasteiger partial charge in [0.05, 0.1) is 0 Å². The first-order chi connectivity index (χ1) is 9.75. The SMILES string of the molecule is CC(C)c1cccc(Nc2cc(Cl)nc(C(F)(F)F)n2)c1. The fourth-order valence-corrected chi connectivity index (χ4v) is 1.92. The molecule has 2 aromatic rings. The molecule has 1 aromatic heterocycles. The smallest absolute Gasteiger partial charge is 0.340 e. The summed E-state index contributed by atoms with van der Waals surface area (Å²) in [5.74, 6) is -0.952. The number of anilines is 2. The highest BCUT2D eigenvalue weighted by atomic mass is 35.5. The van der Waals surface area contributed by atoms with Gasteiger partial charge >= 0.3 is 6.18 Å². The van der Waals surface area contributed by atoms with E-state index in [1.807, 2.05) is 32.0 Å². The molecule has 3 nitrogen and oxygen atoms in total. The van der Waals surface area contributed by atoms with Crippen LogP contribution in [0.4, 0.5) is 24.7 Å². The van der Waals surface area contributed by atoms with Crippen molar-refractivity contribution in [1.29, 1.82) is 0 Å². The zero-order chi connectivity index (χ0) is 15.6. The molecule has 0 unspecified atom stereocenters. The second-order valence-corrected chi connectivity index (χ2v) is 5.19. The number of nitrogens with one attached hydrogen (secondary N) is 1. The molecular formula is C14H13ClF3N3. The summed E-state index contributed by atoms with van der Waals surface area (Å²) in [5.41, 5.74) is 1.71. The lowest BCUT2D eigenvalue weighted by Crippen LogP contribution is -2.12. The summed E-state index contributed by atoms with van der Waals surface area (Å²) in [4.78, 5) is 6.62. The molecule has 0 radical (unpaired) electrons. The monoisotopic (exact) mass is 315 g/mol. The minimum absolute atomic E-state index is 0.00299. The van der Waals surface area contributed by atoms with E-state index in [4.69, 9.17) is 11.6 Å². The van der Waals surface area contributed by atoms with Gasteiger partial charge in [0, 0.05) is 11.8 Å². The van der Waals surface area contributed by atoms with E-state index in [9.17, 15) is 13.2 Å². The molecule has 21 heavy (non-hydrogen) atoms. The number of rotatable bonds is 3. The Morgan fingerprint density at radius 3 is 2.48 bits per heavy atom. The van der Waals surface area contributed by atoms with Gasteiger partial charge in [-0.15, -0.1) is 0 Å². The molecular weight excluding hydrogens is 303 g/mol. The molecule has 0 amide bonds. The van der Waals surface area contributed by atoms with Crippen molar-refractivity contribution < 1.29 is 13.2 Å². The van der Waals surface area contributed by atoms with Crippen LogP contribution in [-0.2, 0) is 6.18 Å². The van der Waals surface area contributed by atoms with Gasteiger partial charge in [-0.25, -0.2) is 9.97 Å². The molecule has 0 aliphatic heterocycles. The highest BCUT2D eigenvalue weighted by Gasteiger charge is 2.35. The molecule has 1 N–H and O–H groups in total. The minimum atomic E-state index is -4.64. The van der Waals surface area contributed by atoms with Gasteiger partial charge in [0.1, 0.15) is 11.0 Å². The maximum Gasteiger partial charge on any atom is 0.451 e. The van der Waals surface area contributed by atoms with Crippen LogP contribution >= 0.6 is 11.6 Å². The number of aromatic nitrogens is 2. The molecule has 0 aliphatic carbocycles. The van der Waals surface area contributed by atoms with E-state index in [1.54, 1.807) is 6.07 Å². The summed E-state index contributed by atoms with van der Waals surface area (Å²) in [6, 6.07) is 8.62. The van der Waals surface area contributed by atoms with Crippen LogP contribution in [0.2, 0.25) is 5.15 Å². The average Bonchev–Trinajstić information content (AvgIpc) is 2.37. The van der Waals surface area contributed by atoms with Crippen LogP contribution in [0.25, 0.3) is 0 Å². The minimum Gasteiger partial charge on any atom is -0.340 e. The van der Waals surface area contributed by atoms with Gasteiger partial charge in [-0.3, -0.25) is 0 Å². The summed E-state index contributed by atoms with van der Waals surface area (Å²) in [5, 5.41) is 2.55. The zero-order valence-corrected chi connectivity index (χ0v) is 12.1. The fraction of sp³-hybridized carbons (Fsp3) is 0.286. The van der Waals surface area contributed by atoms with Crippen molar-refractivity contribution in [3.8, 4) is 0 Å². The second-order valence-electron chi connectivity index (χ2n) is 4.80. The number of hydrogen-bond donors (Lipinski definition) is 1. The van der Waals surface area contributed by atoms with Gasteiger partial charge in [-0.05, 0) is 23.6 Å². The van der Waals surface area contributed by atoms with Crippen molar-refractivity contribution in [3.05, 3.63) is 46.9 Å². The number of halogens is 4. The molecule has 0 bridgehead atoms. The number of alkyl halides is 3. The Hall–Kier alpha value is -1.82. The molecule has 0 aliphatic rings. The van der Waals surface area contributed by atoms with Crippen LogP contribution in [0.1, 0.15) is 31.2 Å². The molecule has 112 valence electrons. The third-order valence-corrected chi connectivity index (χ3v) is 2.97. The summed E-state index contributed by atoms with van der Waals surface area (Å²) >= 11 is 5.61. The number of nitrogens with zero attached hydrogens (tertiary/aromatic N) is 2.